The third kappa shape index (κ3) is 1.61. The summed E-state index contributed by atoms with van der Waals surface area (Å²) in [4.78, 5) is 0. The van der Waals surface area contributed by atoms with Crippen LogP contribution in [0.2, 0.25) is 0 Å². The lowest BCUT2D eigenvalue weighted by Crippen LogP contribution is -2.37. The summed E-state index contributed by atoms with van der Waals surface area (Å²) in [6.07, 6.45) is 3.95. The third-order valence-corrected chi connectivity index (χ3v) is 4.16. The van der Waals surface area contributed by atoms with Crippen LogP contribution < -0.4 is 10.1 Å². The van der Waals surface area contributed by atoms with Gasteiger partial charge in [0, 0.05) is 6.54 Å². The third-order valence-electron chi connectivity index (χ3n) is 4.16. The molecule has 1 saturated heterocycles. The Balaban J connectivity index is 1.98. The van der Waals surface area contributed by atoms with E-state index in [1.807, 2.05) is 0 Å². The lowest BCUT2D eigenvalue weighted by atomic mass is 9.72. The average molecular weight is 217 g/mol. The summed E-state index contributed by atoms with van der Waals surface area (Å²) in [5.74, 6) is 2.61. The van der Waals surface area contributed by atoms with Gasteiger partial charge >= 0.3 is 0 Å². The van der Waals surface area contributed by atoms with E-state index in [0.717, 1.165) is 18.2 Å². The van der Waals surface area contributed by atoms with Gasteiger partial charge in [0.1, 0.15) is 5.75 Å². The lowest BCUT2D eigenvalue weighted by Gasteiger charge is -2.37. The molecule has 2 aliphatic rings. The molecule has 1 aliphatic heterocycles. The largest absolute Gasteiger partial charge is 0.497 e. The first kappa shape index (κ1) is 10.2. The van der Waals surface area contributed by atoms with Crippen molar-refractivity contribution in [3.8, 4) is 5.75 Å². The van der Waals surface area contributed by atoms with Crippen molar-refractivity contribution in [3.63, 3.8) is 0 Å². The highest BCUT2D eigenvalue weighted by Crippen LogP contribution is 2.40. The molecule has 86 valence electrons. The Kier molecular flexibility index (Phi) is 2.60. The molecular formula is C14H19NO. The van der Waals surface area contributed by atoms with Crippen LogP contribution in [0.1, 0.15) is 29.9 Å². The Morgan fingerprint density at radius 3 is 3.12 bits per heavy atom. The maximum Gasteiger partial charge on any atom is 0.119 e. The van der Waals surface area contributed by atoms with Crippen molar-refractivity contribution in [2.24, 2.45) is 5.92 Å². The number of hydrogen-bond acceptors (Lipinski definition) is 2. The zero-order valence-corrected chi connectivity index (χ0v) is 9.83. The van der Waals surface area contributed by atoms with Crippen molar-refractivity contribution >= 4 is 0 Å². The molecule has 0 saturated carbocycles. The molecule has 0 aromatic heterocycles. The molecule has 2 heteroatoms. The molecule has 0 spiro atoms. The predicted octanol–water partition coefficient (Wildman–Crippen LogP) is 2.33. The number of ether oxygens (including phenoxy) is 1. The van der Waals surface area contributed by atoms with Crippen molar-refractivity contribution < 1.29 is 4.74 Å². The molecule has 1 heterocycles. The molecule has 0 unspecified atom stereocenters. The topological polar surface area (TPSA) is 21.3 Å². The van der Waals surface area contributed by atoms with Crippen LogP contribution in [0.25, 0.3) is 0 Å². The summed E-state index contributed by atoms with van der Waals surface area (Å²) in [5.41, 5.74) is 3.06. The van der Waals surface area contributed by atoms with Gasteiger partial charge in [-0.2, -0.15) is 0 Å². The Labute approximate surface area is 97.0 Å². The van der Waals surface area contributed by atoms with E-state index in [-0.39, 0.29) is 0 Å². The van der Waals surface area contributed by atoms with E-state index in [1.54, 1.807) is 7.11 Å². The SMILES string of the molecule is COc1ccc2c(c1)[C@@H]1CNCC[C@H]1CC2. The zero-order valence-electron chi connectivity index (χ0n) is 9.83. The number of benzene rings is 1. The summed E-state index contributed by atoms with van der Waals surface area (Å²) in [6, 6.07) is 6.59. The number of fused-ring (bicyclic) bond motifs is 3. The van der Waals surface area contributed by atoms with E-state index in [4.69, 9.17) is 4.74 Å². The molecule has 1 aromatic carbocycles. The van der Waals surface area contributed by atoms with Gasteiger partial charge in [-0.05, 0) is 60.9 Å². The summed E-state index contributed by atoms with van der Waals surface area (Å²) in [7, 11) is 1.75. The van der Waals surface area contributed by atoms with Gasteiger partial charge < -0.3 is 10.1 Å². The van der Waals surface area contributed by atoms with E-state index in [0.29, 0.717) is 5.92 Å². The fraction of sp³-hybridized carbons (Fsp3) is 0.571. The van der Waals surface area contributed by atoms with Gasteiger partial charge in [0.2, 0.25) is 0 Å². The second kappa shape index (κ2) is 4.10. The molecular weight excluding hydrogens is 198 g/mol. The Morgan fingerprint density at radius 1 is 1.31 bits per heavy atom. The van der Waals surface area contributed by atoms with Crippen LogP contribution in [0.3, 0.4) is 0 Å². The number of nitrogens with one attached hydrogen (secondary N) is 1. The fourth-order valence-electron chi connectivity index (χ4n) is 3.24. The molecule has 3 rings (SSSR count). The van der Waals surface area contributed by atoms with Crippen LogP contribution in [0.15, 0.2) is 18.2 Å². The van der Waals surface area contributed by atoms with Crippen molar-refractivity contribution in [1.82, 2.24) is 5.32 Å². The summed E-state index contributed by atoms with van der Waals surface area (Å²) in [5, 5.41) is 3.52. The number of methoxy groups -OCH3 is 1. The fourth-order valence-corrected chi connectivity index (χ4v) is 3.24. The number of piperidine rings is 1. The van der Waals surface area contributed by atoms with Crippen LogP contribution >= 0.6 is 0 Å². The molecule has 2 atom stereocenters. The maximum absolute atomic E-state index is 5.34. The van der Waals surface area contributed by atoms with Gasteiger partial charge in [0.15, 0.2) is 0 Å². The molecule has 0 bridgehead atoms. The second-order valence-electron chi connectivity index (χ2n) is 4.96. The standard InChI is InChI=1S/C14H19NO/c1-16-12-5-4-10-2-3-11-6-7-15-9-14(11)13(10)8-12/h4-5,8,11,14-15H,2-3,6-7,9H2,1H3/t11-,14-/m1/s1. The number of aryl methyl sites for hydroxylation is 1. The van der Waals surface area contributed by atoms with Crippen molar-refractivity contribution in [1.29, 1.82) is 0 Å². The molecule has 1 N–H and O–H groups in total. The van der Waals surface area contributed by atoms with Gasteiger partial charge in [0.05, 0.1) is 7.11 Å². The van der Waals surface area contributed by atoms with E-state index < -0.39 is 0 Å². The molecule has 1 fully saturated rings. The summed E-state index contributed by atoms with van der Waals surface area (Å²) in [6.45, 7) is 2.34. The van der Waals surface area contributed by atoms with Crippen LogP contribution in [0.4, 0.5) is 0 Å². The quantitative estimate of drug-likeness (QED) is 0.779. The van der Waals surface area contributed by atoms with Crippen LogP contribution in [0, 0.1) is 5.92 Å². The summed E-state index contributed by atoms with van der Waals surface area (Å²) < 4.78 is 5.34. The normalized spacial score (nSPS) is 28.1. The van der Waals surface area contributed by atoms with Gasteiger partial charge in [0.25, 0.3) is 0 Å². The minimum Gasteiger partial charge on any atom is -0.497 e. The van der Waals surface area contributed by atoms with Crippen LogP contribution in [-0.2, 0) is 6.42 Å². The highest BCUT2D eigenvalue weighted by atomic mass is 16.5. The molecule has 2 nitrogen and oxygen atoms in total. The van der Waals surface area contributed by atoms with Crippen molar-refractivity contribution in [2.75, 3.05) is 20.2 Å². The smallest absolute Gasteiger partial charge is 0.119 e. The molecule has 1 aliphatic carbocycles. The summed E-state index contributed by atoms with van der Waals surface area (Å²) >= 11 is 0. The van der Waals surface area contributed by atoms with Crippen LogP contribution in [-0.4, -0.2) is 20.2 Å². The maximum atomic E-state index is 5.34. The first-order valence-corrected chi connectivity index (χ1v) is 6.26. The van der Waals surface area contributed by atoms with Gasteiger partial charge in [-0.15, -0.1) is 0 Å². The second-order valence-corrected chi connectivity index (χ2v) is 4.96. The average Bonchev–Trinajstić information content (AvgIpc) is 2.38. The first-order valence-electron chi connectivity index (χ1n) is 6.26. The molecule has 16 heavy (non-hydrogen) atoms. The highest BCUT2D eigenvalue weighted by Gasteiger charge is 2.31. The molecule has 1 aromatic rings. The lowest BCUT2D eigenvalue weighted by molar-refractivity contribution is 0.290. The minimum absolute atomic E-state index is 0.715. The van der Waals surface area contributed by atoms with Gasteiger partial charge in [-0.1, -0.05) is 6.07 Å². The zero-order chi connectivity index (χ0) is 11.0. The van der Waals surface area contributed by atoms with E-state index >= 15 is 0 Å². The molecule has 0 radical (unpaired) electrons. The Morgan fingerprint density at radius 2 is 2.25 bits per heavy atom. The predicted molar refractivity (Wildman–Crippen MR) is 65.0 cm³/mol. The van der Waals surface area contributed by atoms with E-state index in [2.05, 4.69) is 23.5 Å². The van der Waals surface area contributed by atoms with E-state index in [1.165, 1.54) is 36.9 Å². The Bertz CT molecular complexity index is 388. The van der Waals surface area contributed by atoms with Crippen molar-refractivity contribution in [3.05, 3.63) is 29.3 Å². The number of rotatable bonds is 1. The van der Waals surface area contributed by atoms with Crippen molar-refractivity contribution in [2.45, 2.75) is 25.2 Å². The Hall–Kier alpha value is -1.02. The van der Waals surface area contributed by atoms with Crippen LogP contribution in [0.5, 0.6) is 5.75 Å². The van der Waals surface area contributed by atoms with Gasteiger partial charge in [-0.25, -0.2) is 0 Å². The molecule has 0 amide bonds. The minimum atomic E-state index is 0.715. The van der Waals surface area contributed by atoms with Gasteiger partial charge in [-0.3, -0.25) is 0 Å². The monoisotopic (exact) mass is 217 g/mol. The first-order chi connectivity index (χ1) is 7.88. The van der Waals surface area contributed by atoms with E-state index in [9.17, 15) is 0 Å². The number of hydrogen-bond donors (Lipinski definition) is 1. The highest BCUT2D eigenvalue weighted by molar-refractivity contribution is 5.40.